The SMILES string of the molecule is Cc1nnc(Cl)n1C1CCC1C. The number of hydrogen-bond donors (Lipinski definition) is 0. The molecule has 66 valence electrons. The van der Waals surface area contributed by atoms with Gasteiger partial charge in [0.25, 0.3) is 0 Å². The van der Waals surface area contributed by atoms with E-state index in [0.717, 1.165) is 11.7 Å². The van der Waals surface area contributed by atoms with Gasteiger partial charge >= 0.3 is 0 Å². The molecule has 0 saturated heterocycles. The van der Waals surface area contributed by atoms with E-state index in [1.54, 1.807) is 0 Å². The quantitative estimate of drug-likeness (QED) is 0.672. The van der Waals surface area contributed by atoms with Crippen LogP contribution in [0.3, 0.4) is 0 Å². The molecule has 2 atom stereocenters. The van der Waals surface area contributed by atoms with Gasteiger partial charge in [-0.3, -0.25) is 4.57 Å². The predicted molar refractivity (Wildman–Crippen MR) is 47.2 cm³/mol. The van der Waals surface area contributed by atoms with Crippen LogP contribution >= 0.6 is 11.6 Å². The molecule has 0 aliphatic heterocycles. The van der Waals surface area contributed by atoms with E-state index in [4.69, 9.17) is 11.6 Å². The molecule has 12 heavy (non-hydrogen) atoms. The Morgan fingerprint density at radius 2 is 2.17 bits per heavy atom. The summed E-state index contributed by atoms with van der Waals surface area (Å²) < 4.78 is 2.04. The van der Waals surface area contributed by atoms with Crippen LogP contribution in [0.15, 0.2) is 0 Å². The van der Waals surface area contributed by atoms with Crippen molar-refractivity contribution >= 4 is 11.6 Å². The predicted octanol–water partition coefficient (Wildman–Crippen LogP) is 2.21. The molecular weight excluding hydrogens is 174 g/mol. The summed E-state index contributed by atoms with van der Waals surface area (Å²) in [6, 6.07) is 0.535. The van der Waals surface area contributed by atoms with E-state index in [1.165, 1.54) is 12.8 Å². The molecule has 0 bridgehead atoms. The minimum absolute atomic E-state index is 0.532. The molecule has 0 N–H and O–H groups in total. The largest absolute Gasteiger partial charge is 0.299 e. The van der Waals surface area contributed by atoms with Crippen LogP contribution in [0, 0.1) is 12.8 Å². The van der Waals surface area contributed by atoms with Crippen molar-refractivity contribution in [2.45, 2.75) is 32.7 Å². The molecular formula is C8H12ClN3. The van der Waals surface area contributed by atoms with Crippen molar-refractivity contribution < 1.29 is 0 Å². The highest BCUT2D eigenvalue weighted by atomic mass is 35.5. The fourth-order valence-corrected chi connectivity index (χ4v) is 2.04. The van der Waals surface area contributed by atoms with Crippen molar-refractivity contribution in [1.82, 2.24) is 14.8 Å². The lowest BCUT2D eigenvalue weighted by atomic mass is 9.81. The number of hydrogen-bond acceptors (Lipinski definition) is 2. The zero-order valence-corrected chi connectivity index (χ0v) is 8.04. The first-order chi connectivity index (χ1) is 5.70. The lowest BCUT2D eigenvalue weighted by molar-refractivity contribution is 0.198. The number of aromatic nitrogens is 3. The molecule has 0 amide bonds. The van der Waals surface area contributed by atoms with Gasteiger partial charge in [0.15, 0.2) is 0 Å². The molecule has 1 aromatic heterocycles. The Morgan fingerprint density at radius 3 is 2.50 bits per heavy atom. The molecule has 3 nitrogen and oxygen atoms in total. The van der Waals surface area contributed by atoms with E-state index in [1.807, 2.05) is 11.5 Å². The third-order valence-electron chi connectivity index (χ3n) is 2.73. The van der Waals surface area contributed by atoms with E-state index in [2.05, 4.69) is 17.1 Å². The molecule has 2 unspecified atom stereocenters. The number of aryl methyl sites for hydroxylation is 1. The van der Waals surface area contributed by atoms with E-state index in [0.29, 0.717) is 11.3 Å². The maximum atomic E-state index is 5.91. The Labute approximate surface area is 76.7 Å². The van der Waals surface area contributed by atoms with Crippen molar-refractivity contribution in [2.24, 2.45) is 5.92 Å². The van der Waals surface area contributed by atoms with Gasteiger partial charge in [-0.15, -0.1) is 10.2 Å². The minimum Gasteiger partial charge on any atom is -0.299 e. The lowest BCUT2D eigenvalue weighted by Crippen LogP contribution is -2.27. The average molecular weight is 186 g/mol. The topological polar surface area (TPSA) is 30.7 Å². The third-order valence-corrected chi connectivity index (χ3v) is 2.99. The van der Waals surface area contributed by atoms with Crippen LogP contribution in [-0.2, 0) is 0 Å². The smallest absolute Gasteiger partial charge is 0.225 e. The van der Waals surface area contributed by atoms with Crippen LogP contribution in [0.25, 0.3) is 0 Å². The monoisotopic (exact) mass is 185 g/mol. The summed E-state index contributed by atoms with van der Waals surface area (Å²) in [7, 11) is 0. The van der Waals surface area contributed by atoms with Crippen LogP contribution in [0.1, 0.15) is 31.6 Å². The van der Waals surface area contributed by atoms with E-state index < -0.39 is 0 Å². The van der Waals surface area contributed by atoms with Gasteiger partial charge in [0, 0.05) is 6.04 Å². The molecule has 2 rings (SSSR count). The van der Waals surface area contributed by atoms with Crippen molar-refractivity contribution in [3.05, 3.63) is 11.1 Å². The van der Waals surface area contributed by atoms with Gasteiger partial charge < -0.3 is 0 Å². The summed E-state index contributed by atoms with van der Waals surface area (Å²) >= 11 is 5.91. The summed E-state index contributed by atoms with van der Waals surface area (Å²) in [5.74, 6) is 1.65. The standard InChI is InChI=1S/C8H12ClN3/c1-5-3-4-7(5)12-6(2)10-11-8(12)9/h5,7H,3-4H2,1-2H3. The van der Waals surface area contributed by atoms with Gasteiger partial charge in [0.2, 0.25) is 5.28 Å². The van der Waals surface area contributed by atoms with E-state index >= 15 is 0 Å². The van der Waals surface area contributed by atoms with Crippen molar-refractivity contribution in [2.75, 3.05) is 0 Å². The highest BCUT2D eigenvalue weighted by Gasteiger charge is 2.30. The molecule has 1 aliphatic rings. The molecule has 4 heteroatoms. The zero-order valence-electron chi connectivity index (χ0n) is 7.29. The number of halogens is 1. The highest BCUT2D eigenvalue weighted by molar-refractivity contribution is 6.28. The Balaban J connectivity index is 2.32. The maximum Gasteiger partial charge on any atom is 0.225 e. The Morgan fingerprint density at radius 1 is 1.42 bits per heavy atom. The Bertz CT molecular complexity index is 275. The van der Waals surface area contributed by atoms with E-state index in [9.17, 15) is 0 Å². The van der Waals surface area contributed by atoms with Crippen molar-refractivity contribution in [1.29, 1.82) is 0 Å². The molecule has 0 aromatic carbocycles. The summed E-state index contributed by atoms with van der Waals surface area (Å²) in [5, 5.41) is 8.30. The van der Waals surface area contributed by atoms with Crippen LogP contribution in [0.4, 0.5) is 0 Å². The number of rotatable bonds is 1. The van der Waals surface area contributed by atoms with Crippen molar-refractivity contribution in [3.8, 4) is 0 Å². The van der Waals surface area contributed by atoms with Crippen LogP contribution in [0.5, 0.6) is 0 Å². The summed E-state index contributed by atoms with van der Waals surface area (Å²) in [6.45, 7) is 4.19. The van der Waals surface area contributed by atoms with Gasteiger partial charge in [0.1, 0.15) is 5.82 Å². The summed E-state index contributed by atoms with van der Waals surface area (Å²) in [5.41, 5.74) is 0. The average Bonchev–Trinajstić information content (AvgIpc) is 2.33. The minimum atomic E-state index is 0.532. The summed E-state index contributed by atoms with van der Waals surface area (Å²) in [6.07, 6.45) is 2.50. The first kappa shape index (κ1) is 8.05. The molecule has 1 fully saturated rings. The zero-order chi connectivity index (χ0) is 8.72. The molecule has 1 heterocycles. The van der Waals surface area contributed by atoms with Gasteiger partial charge in [-0.25, -0.2) is 0 Å². The first-order valence-corrected chi connectivity index (χ1v) is 4.65. The fraction of sp³-hybridized carbons (Fsp3) is 0.750. The molecule has 0 radical (unpaired) electrons. The lowest BCUT2D eigenvalue weighted by Gasteiger charge is -2.35. The highest BCUT2D eigenvalue weighted by Crippen LogP contribution is 2.39. The Kier molecular flexibility index (Phi) is 1.83. The van der Waals surface area contributed by atoms with Gasteiger partial charge in [0.05, 0.1) is 0 Å². The van der Waals surface area contributed by atoms with Gasteiger partial charge in [-0.2, -0.15) is 0 Å². The second-order valence-corrected chi connectivity index (χ2v) is 3.85. The van der Waals surface area contributed by atoms with Crippen LogP contribution < -0.4 is 0 Å². The second kappa shape index (κ2) is 2.73. The van der Waals surface area contributed by atoms with Crippen LogP contribution in [0.2, 0.25) is 5.28 Å². The van der Waals surface area contributed by atoms with Crippen molar-refractivity contribution in [3.63, 3.8) is 0 Å². The first-order valence-electron chi connectivity index (χ1n) is 4.27. The van der Waals surface area contributed by atoms with Gasteiger partial charge in [-0.1, -0.05) is 6.92 Å². The third kappa shape index (κ3) is 1.04. The number of nitrogens with zero attached hydrogens (tertiary/aromatic N) is 3. The second-order valence-electron chi connectivity index (χ2n) is 3.51. The Hall–Kier alpha value is -0.570. The van der Waals surface area contributed by atoms with Crippen LogP contribution in [-0.4, -0.2) is 14.8 Å². The molecule has 1 aliphatic carbocycles. The maximum absolute atomic E-state index is 5.91. The van der Waals surface area contributed by atoms with Gasteiger partial charge in [-0.05, 0) is 37.3 Å². The molecule has 0 spiro atoms. The summed E-state index contributed by atoms with van der Waals surface area (Å²) in [4.78, 5) is 0. The molecule has 1 saturated carbocycles. The fourth-order valence-electron chi connectivity index (χ4n) is 1.75. The normalized spacial score (nSPS) is 28.6. The molecule has 1 aromatic rings. The van der Waals surface area contributed by atoms with E-state index in [-0.39, 0.29) is 0 Å².